The Kier molecular flexibility index (Phi) is 4.74. The summed E-state index contributed by atoms with van der Waals surface area (Å²) >= 11 is 3.33. The number of halogens is 1. The molecule has 1 N–H and O–H groups in total. The van der Waals surface area contributed by atoms with Crippen molar-refractivity contribution in [2.24, 2.45) is 11.8 Å². The molecule has 2 rings (SSSR count). The van der Waals surface area contributed by atoms with E-state index in [4.69, 9.17) is 0 Å². The number of pyridine rings is 1. The van der Waals surface area contributed by atoms with Crippen molar-refractivity contribution in [1.82, 2.24) is 4.98 Å². The van der Waals surface area contributed by atoms with E-state index < -0.39 is 4.92 Å². The monoisotopic (exact) mass is 327 g/mol. The molecular weight excluding hydrogens is 310 g/mol. The molecule has 1 aliphatic carbocycles. The molecule has 1 saturated carbocycles. The molecule has 0 aromatic carbocycles. The molecule has 2 atom stereocenters. The third-order valence-electron chi connectivity index (χ3n) is 3.86. The summed E-state index contributed by atoms with van der Waals surface area (Å²) in [5.41, 5.74) is 0.00320. The van der Waals surface area contributed by atoms with Gasteiger partial charge in [-0.25, -0.2) is 4.98 Å². The van der Waals surface area contributed by atoms with Gasteiger partial charge in [-0.1, -0.05) is 26.2 Å². The number of rotatable bonds is 4. The van der Waals surface area contributed by atoms with Gasteiger partial charge in [-0.15, -0.1) is 0 Å². The highest BCUT2D eigenvalue weighted by Gasteiger charge is 2.21. The van der Waals surface area contributed by atoms with Crippen molar-refractivity contribution in [1.29, 1.82) is 0 Å². The van der Waals surface area contributed by atoms with Gasteiger partial charge in [0.05, 0.1) is 9.40 Å². The van der Waals surface area contributed by atoms with Crippen LogP contribution in [0.2, 0.25) is 0 Å². The van der Waals surface area contributed by atoms with E-state index in [-0.39, 0.29) is 5.69 Å². The predicted octanol–water partition coefficient (Wildman–Crippen LogP) is 3.99. The number of nitrogens with one attached hydrogen (secondary N) is 1. The van der Waals surface area contributed by atoms with E-state index in [0.717, 1.165) is 12.5 Å². The molecule has 5 nitrogen and oxygen atoms in total. The summed E-state index contributed by atoms with van der Waals surface area (Å²) in [6, 6.07) is 1.49. The van der Waals surface area contributed by atoms with Gasteiger partial charge in [0.25, 0.3) is 5.69 Å². The standard InChI is InChI=1S/C13H18BrN3O2/c1-9-4-2-3-5-10(9)7-15-13-12(14)6-11(8-16-13)17(18)19/h6,8-10H,2-5,7H2,1H3,(H,15,16). The van der Waals surface area contributed by atoms with E-state index in [2.05, 4.69) is 33.2 Å². The van der Waals surface area contributed by atoms with Crippen LogP contribution in [0.5, 0.6) is 0 Å². The van der Waals surface area contributed by atoms with Gasteiger partial charge in [0.1, 0.15) is 12.0 Å². The molecule has 0 amide bonds. The summed E-state index contributed by atoms with van der Waals surface area (Å²) in [4.78, 5) is 14.3. The number of aromatic nitrogens is 1. The van der Waals surface area contributed by atoms with Crippen molar-refractivity contribution in [2.75, 3.05) is 11.9 Å². The lowest BCUT2D eigenvalue weighted by Gasteiger charge is -2.29. The molecule has 1 aromatic heterocycles. The Morgan fingerprint density at radius 3 is 2.89 bits per heavy atom. The smallest absolute Gasteiger partial charge is 0.288 e. The minimum atomic E-state index is -0.440. The van der Waals surface area contributed by atoms with Crippen LogP contribution in [0.3, 0.4) is 0 Å². The van der Waals surface area contributed by atoms with E-state index in [1.54, 1.807) is 0 Å². The topological polar surface area (TPSA) is 68.1 Å². The van der Waals surface area contributed by atoms with Crippen LogP contribution in [-0.4, -0.2) is 16.5 Å². The Hall–Kier alpha value is -1.17. The quantitative estimate of drug-likeness (QED) is 0.670. The number of hydrogen-bond donors (Lipinski definition) is 1. The molecule has 0 radical (unpaired) electrons. The van der Waals surface area contributed by atoms with Gasteiger partial charge in [-0.05, 0) is 34.2 Å². The first-order valence-corrected chi connectivity index (χ1v) is 7.41. The van der Waals surface area contributed by atoms with E-state index in [1.165, 1.54) is 37.9 Å². The maximum absolute atomic E-state index is 10.6. The molecule has 0 saturated heterocycles. The summed E-state index contributed by atoms with van der Waals surface area (Å²) in [6.45, 7) is 3.17. The normalized spacial score (nSPS) is 23.1. The predicted molar refractivity (Wildman–Crippen MR) is 78.2 cm³/mol. The van der Waals surface area contributed by atoms with Crippen molar-refractivity contribution in [3.63, 3.8) is 0 Å². The van der Waals surface area contributed by atoms with Crippen LogP contribution < -0.4 is 5.32 Å². The lowest BCUT2D eigenvalue weighted by molar-refractivity contribution is -0.385. The Morgan fingerprint density at radius 2 is 2.26 bits per heavy atom. The Morgan fingerprint density at radius 1 is 1.53 bits per heavy atom. The highest BCUT2D eigenvalue weighted by atomic mass is 79.9. The largest absolute Gasteiger partial charge is 0.369 e. The molecule has 1 aromatic rings. The van der Waals surface area contributed by atoms with Gasteiger partial charge in [-0.2, -0.15) is 0 Å². The molecule has 2 unspecified atom stereocenters. The molecule has 1 fully saturated rings. The van der Waals surface area contributed by atoms with Crippen LogP contribution in [0.4, 0.5) is 11.5 Å². The van der Waals surface area contributed by atoms with Crippen molar-refractivity contribution < 1.29 is 4.92 Å². The molecule has 1 heterocycles. The lowest BCUT2D eigenvalue weighted by Crippen LogP contribution is -2.24. The van der Waals surface area contributed by atoms with Gasteiger partial charge < -0.3 is 5.32 Å². The summed E-state index contributed by atoms with van der Waals surface area (Å²) in [5.74, 6) is 2.08. The zero-order valence-electron chi connectivity index (χ0n) is 10.9. The Labute approximate surface area is 121 Å². The minimum Gasteiger partial charge on any atom is -0.369 e. The second kappa shape index (κ2) is 6.32. The molecule has 104 valence electrons. The fourth-order valence-electron chi connectivity index (χ4n) is 2.58. The summed E-state index contributed by atoms with van der Waals surface area (Å²) in [6.07, 6.45) is 6.46. The molecule has 1 aliphatic rings. The van der Waals surface area contributed by atoms with Crippen LogP contribution in [0.15, 0.2) is 16.7 Å². The van der Waals surface area contributed by atoms with E-state index in [1.807, 2.05) is 0 Å². The summed E-state index contributed by atoms with van der Waals surface area (Å²) in [5, 5.41) is 13.9. The first kappa shape index (κ1) is 14.2. The van der Waals surface area contributed by atoms with Crippen LogP contribution in [0, 0.1) is 22.0 Å². The lowest BCUT2D eigenvalue weighted by atomic mass is 9.80. The zero-order valence-corrected chi connectivity index (χ0v) is 12.5. The van der Waals surface area contributed by atoms with Gasteiger partial charge >= 0.3 is 0 Å². The van der Waals surface area contributed by atoms with Crippen molar-refractivity contribution in [2.45, 2.75) is 32.6 Å². The fraction of sp³-hybridized carbons (Fsp3) is 0.615. The Bertz CT molecular complexity index is 467. The van der Waals surface area contributed by atoms with E-state index in [9.17, 15) is 10.1 Å². The molecule has 0 aliphatic heterocycles. The molecule has 6 heteroatoms. The molecular formula is C13H18BrN3O2. The van der Waals surface area contributed by atoms with Crippen molar-refractivity contribution >= 4 is 27.4 Å². The maximum Gasteiger partial charge on any atom is 0.288 e. The maximum atomic E-state index is 10.6. The first-order chi connectivity index (χ1) is 9.08. The number of nitrogens with zero attached hydrogens (tertiary/aromatic N) is 2. The van der Waals surface area contributed by atoms with Crippen molar-refractivity contribution in [3.05, 3.63) is 26.9 Å². The summed E-state index contributed by atoms with van der Waals surface area (Å²) in [7, 11) is 0. The van der Waals surface area contributed by atoms with Gasteiger partial charge in [0, 0.05) is 12.6 Å². The third kappa shape index (κ3) is 3.65. The second-order valence-corrected chi connectivity index (χ2v) is 6.04. The molecule has 0 spiro atoms. The molecule has 0 bridgehead atoms. The molecule has 19 heavy (non-hydrogen) atoms. The zero-order chi connectivity index (χ0) is 13.8. The second-order valence-electron chi connectivity index (χ2n) is 5.18. The van der Waals surface area contributed by atoms with Crippen LogP contribution in [-0.2, 0) is 0 Å². The Balaban J connectivity index is 1.97. The average Bonchev–Trinajstić information content (AvgIpc) is 2.39. The highest BCUT2D eigenvalue weighted by molar-refractivity contribution is 9.10. The number of hydrogen-bond acceptors (Lipinski definition) is 4. The fourth-order valence-corrected chi connectivity index (χ4v) is 3.06. The van der Waals surface area contributed by atoms with E-state index in [0.29, 0.717) is 16.2 Å². The van der Waals surface area contributed by atoms with Crippen LogP contribution in [0.1, 0.15) is 32.6 Å². The third-order valence-corrected chi connectivity index (χ3v) is 4.46. The van der Waals surface area contributed by atoms with Gasteiger partial charge in [-0.3, -0.25) is 10.1 Å². The average molecular weight is 328 g/mol. The van der Waals surface area contributed by atoms with Crippen molar-refractivity contribution in [3.8, 4) is 0 Å². The highest BCUT2D eigenvalue weighted by Crippen LogP contribution is 2.30. The first-order valence-electron chi connectivity index (χ1n) is 6.61. The van der Waals surface area contributed by atoms with Crippen LogP contribution >= 0.6 is 15.9 Å². The van der Waals surface area contributed by atoms with Gasteiger partial charge in [0.2, 0.25) is 0 Å². The minimum absolute atomic E-state index is 0.00320. The number of anilines is 1. The number of nitro groups is 1. The SMILES string of the molecule is CC1CCCCC1CNc1ncc([N+](=O)[O-])cc1Br. The van der Waals surface area contributed by atoms with E-state index >= 15 is 0 Å². The summed E-state index contributed by atoms with van der Waals surface area (Å²) < 4.78 is 0.644. The van der Waals surface area contributed by atoms with Crippen LogP contribution in [0.25, 0.3) is 0 Å². The van der Waals surface area contributed by atoms with Gasteiger partial charge in [0.15, 0.2) is 0 Å².